The van der Waals surface area contributed by atoms with Crippen LogP contribution < -0.4 is 13.6 Å². The van der Waals surface area contributed by atoms with Crippen LogP contribution in [0.15, 0.2) is 121 Å². The molecule has 0 amide bonds. The second-order valence-electron chi connectivity index (χ2n) is 5.99. The van der Waals surface area contributed by atoms with Crippen LogP contribution in [0.25, 0.3) is 0 Å². The molecule has 0 bridgehead atoms. The van der Waals surface area contributed by atoms with E-state index in [1.807, 2.05) is 121 Å². The summed E-state index contributed by atoms with van der Waals surface area (Å²) < 4.78 is 25.4. The first-order valence-corrected chi connectivity index (χ1v) is 13.9. The molecule has 5 heteroatoms. The van der Waals surface area contributed by atoms with Gasteiger partial charge in [0.1, 0.15) is 0 Å². The standard InChI is InChI=1S/4C6H6O.W/c4*7-6-4-2-1-3-5-6;/h4*1-5,7H;/q;;;;+4/p-4. The van der Waals surface area contributed by atoms with Gasteiger partial charge in [-0.05, 0) is 0 Å². The van der Waals surface area contributed by atoms with Crippen LogP contribution in [0.4, 0.5) is 0 Å². The van der Waals surface area contributed by atoms with Crippen LogP contribution in [0.2, 0.25) is 0 Å². The van der Waals surface area contributed by atoms with E-state index in [0.717, 1.165) is 0 Å². The van der Waals surface area contributed by atoms with Gasteiger partial charge in [0.15, 0.2) is 0 Å². The van der Waals surface area contributed by atoms with Crippen molar-refractivity contribution in [2.45, 2.75) is 0 Å². The summed E-state index contributed by atoms with van der Waals surface area (Å²) in [5, 5.41) is 0. The van der Waals surface area contributed by atoms with E-state index in [9.17, 15) is 0 Å². The predicted octanol–water partition coefficient (Wildman–Crippen LogP) is 6.12. The fourth-order valence-corrected chi connectivity index (χ4v) is 8.19. The van der Waals surface area contributed by atoms with E-state index in [1.165, 1.54) is 0 Å². The second-order valence-corrected chi connectivity index (χ2v) is 11.3. The molecule has 0 aliphatic rings. The monoisotopic (exact) mass is 556 g/mol. The molecule has 0 heterocycles. The summed E-state index contributed by atoms with van der Waals surface area (Å²) in [6.07, 6.45) is 0. The first kappa shape index (κ1) is 19.1. The molecule has 4 aromatic rings. The number of para-hydroxylation sites is 4. The Morgan fingerprint density at radius 2 is 0.517 bits per heavy atom. The van der Waals surface area contributed by atoms with Crippen molar-refractivity contribution >= 4 is 0 Å². The van der Waals surface area contributed by atoms with Crippen molar-refractivity contribution in [1.29, 1.82) is 0 Å². The summed E-state index contributed by atoms with van der Waals surface area (Å²) in [6, 6.07) is 37.8. The molecule has 4 rings (SSSR count). The zero-order chi connectivity index (χ0) is 19.8. The summed E-state index contributed by atoms with van der Waals surface area (Å²) in [7, 11) is 0. The Labute approximate surface area is 175 Å². The molecule has 0 radical (unpaired) electrons. The van der Waals surface area contributed by atoms with Gasteiger partial charge in [-0.15, -0.1) is 0 Å². The maximum atomic E-state index is 6.36. The first-order valence-electron chi connectivity index (χ1n) is 9.13. The van der Waals surface area contributed by atoms with Crippen molar-refractivity contribution in [2.24, 2.45) is 0 Å². The Hall–Kier alpha value is -3.23. The third-order valence-corrected chi connectivity index (χ3v) is 9.47. The van der Waals surface area contributed by atoms with Gasteiger partial charge in [0.05, 0.1) is 0 Å². The average molecular weight is 556 g/mol. The minimum absolute atomic E-state index is 0.630. The Kier molecular flexibility index (Phi) is 6.13. The number of hydrogen-bond donors (Lipinski definition) is 0. The molecule has 0 fully saturated rings. The molecule has 0 aliphatic carbocycles. The zero-order valence-corrected chi connectivity index (χ0v) is 18.5. The molecule has 0 N–H and O–H groups in total. The minimum atomic E-state index is -4.70. The van der Waals surface area contributed by atoms with Gasteiger partial charge in [0.2, 0.25) is 0 Å². The van der Waals surface area contributed by atoms with E-state index in [1.54, 1.807) is 0 Å². The van der Waals surface area contributed by atoms with Crippen LogP contribution in [0, 0.1) is 0 Å². The van der Waals surface area contributed by atoms with Crippen LogP contribution >= 0.6 is 0 Å². The fourth-order valence-electron chi connectivity index (χ4n) is 2.48. The van der Waals surface area contributed by atoms with Crippen LogP contribution in [0.5, 0.6) is 23.0 Å². The first-order chi connectivity index (χ1) is 14.3. The van der Waals surface area contributed by atoms with Crippen LogP contribution in [-0.4, -0.2) is 0 Å². The van der Waals surface area contributed by atoms with Crippen molar-refractivity contribution in [3.8, 4) is 23.0 Å². The molecule has 4 aromatic carbocycles. The van der Waals surface area contributed by atoms with Gasteiger partial charge in [-0.3, -0.25) is 0 Å². The second kappa shape index (κ2) is 9.31. The molecule has 0 saturated heterocycles. The molecular formula is C24H20O4W. The third-order valence-electron chi connectivity index (χ3n) is 3.77. The predicted molar refractivity (Wildman–Crippen MR) is 108 cm³/mol. The summed E-state index contributed by atoms with van der Waals surface area (Å²) >= 11 is -4.70. The van der Waals surface area contributed by atoms with Gasteiger partial charge in [-0.25, -0.2) is 0 Å². The van der Waals surface area contributed by atoms with Crippen LogP contribution in [-0.2, 0) is 17.6 Å². The van der Waals surface area contributed by atoms with E-state index in [4.69, 9.17) is 13.6 Å². The van der Waals surface area contributed by atoms with Crippen molar-refractivity contribution in [2.75, 3.05) is 0 Å². The van der Waals surface area contributed by atoms with Gasteiger partial charge in [0, 0.05) is 0 Å². The molecule has 0 aromatic heterocycles. The molecule has 0 unspecified atom stereocenters. The molecule has 0 saturated carbocycles. The van der Waals surface area contributed by atoms with Gasteiger partial charge in [-0.1, -0.05) is 0 Å². The van der Waals surface area contributed by atoms with E-state index in [-0.39, 0.29) is 0 Å². The Morgan fingerprint density at radius 1 is 0.310 bits per heavy atom. The van der Waals surface area contributed by atoms with Crippen LogP contribution in [0.3, 0.4) is 0 Å². The van der Waals surface area contributed by atoms with E-state index >= 15 is 0 Å². The summed E-state index contributed by atoms with van der Waals surface area (Å²) in [4.78, 5) is 0. The molecular weight excluding hydrogens is 536 g/mol. The van der Waals surface area contributed by atoms with Crippen molar-refractivity contribution in [1.82, 2.24) is 0 Å². The molecule has 4 nitrogen and oxygen atoms in total. The molecule has 0 aliphatic heterocycles. The van der Waals surface area contributed by atoms with Gasteiger partial charge < -0.3 is 0 Å². The van der Waals surface area contributed by atoms with Crippen molar-refractivity contribution in [3.63, 3.8) is 0 Å². The van der Waals surface area contributed by atoms with Crippen LogP contribution in [0.1, 0.15) is 0 Å². The molecule has 146 valence electrons. The number of benzene rings is 4. The van der Waals surface area contributed by atoms with Gasteiger partial charge in [0.25, 0.3) is 0 Å². The molecule has 0 spiro atoms. The Balaban J connectivity index is 1.75. The average Bonchev–Trinajstić information content (AvgIpc) is 2.76. The normalized spacial score (nSPS) is 11.3. The Bertz CT molecular complexity index is 824. The SMILES string of the molecule is c1ccc([O][W]([O]c2ccccc2)([O]c2ccccc2)[O]c2ccccc2)cc1. The summed E-state index contributed by atoms with van der Waals surface area (Å²) in [6.45, 7) is 0. The van der Waals surface area contributed by atoms with E-state index in [2.05, 4.69) is 0 Å². The topological polar surface area (TPSA) is 36.9 Å². The number of rotatable bonds is 8. The maximum absolute atomic E-state index is 6.36. The Morgan fingerprint density at radius 3 is 0.724 bits per heavy atom. The van der Waals surface area contributed by atoms with Crippen molar-refractivity contribution in [3.05, 3.63) is 121 Å². The fraction of sp³-hybridized carbons (Fsp3) is 0. The van der Waals surface area contributed by atoms with Gasteiger partial charge >= 0.3 is 175 Å². The van der Waals surface area contributed by atoms with E-state index < -0.39 is 17.6 Å². The summed E-state index contributed by atoms with van der Waals surface area (Å²) in [5.74, 6) is 2.52. The molecule has 29 heavy (non-hydrogen) atoms. The quantitative estimate of drug-likeness (QED) is 0.262. The van der Waals surface area contributed by atoms with Crippen molar-refractivity contribution < 1.29 is 31.1 Å². The summed E-state index contributed by atoms with van der Waals surface area (Å²) in [5.41, 5.74) is 0. The molecule has 0 atom stereocenters. The zero-order valence-electron chi connectivity index (χ0n) is 15.6. The number of hydrogen-bond acceptors (Lipinski definition) is 4. The third kappa shape index (κ3) is 5.40. The van der Waals surface area contributed by atoms with Gasteiger partial charge in [-0.2, -0.15) is 0 Å². The van der Waals surface area contributed by atoms with E-state index in [0.29, 0.717) is 23.0 Å².